The van der Waals surface area contributed by atoms with E-state index in [0.29, 0.717) is 30.0 Å². The molecule has 0 aliphatic heterocycles. The van der Waals surface area contributed by atoms with E-state index in [9.17, 15) is 0 Å². The lowest BCUT2D eigenvalue weighted by Crippen LogP contribution is -2.12. The minimum absolute atomic E-state index is 0.357. The lowest BCUT2D eigenvalue weighted by atomic mass is 10.2. The Balaban J connectivity index is 1.42. The number of rotatable bonds is 11. The Hall–Kier alpha value is -3.33. The third-order valence-electron chi connectivity index (χ3n) is 5.18. The Morgan fingerprint density at radius 2 is 1.74 bits per heavy atom. The smallest absolute Gasteiger partial charge is 0.257 e. The Morgan fingerprint density at radius 3 is 2.41 bits per heavy atom. The molecule has 0 unspecified atom stereocenters. The van der Waals surface area contributed by atoms with Crippen LogP contribution in [0.15, 0.2) is 58.2 Å². The molecular formula is C25H29N5O3S. The second-order valence-corrected chi connectivity index (χ2v) is 9.16. The summed E-state index contributed by atoms with van der Waals surface area (Å²) >= 11 is 1.53. The molecule has 0 saturated carbocycles. The Kier molecular flexibility index (Phi) is 7.84. The fraction of sp³-hybridized carbons (Fsp3) is 0.360. The number of aryl methyl sites for hydroxylation is 1. The second kappa shape index (κ2) is 11.2. The van der Waals surface area contributed by atoms with Gasteiger partial charge in [0.1, 0.15) is 18.1 Å². The first-order valence-electron chi connectivity index (χ1n) is 11.3. The van der Waals surface area contributed by atoms with Crippen LogP contribution in [0.1, 0.15) is 38.0 Å². The normalized spacial score (nSPS) is 11.2. The zero-order valence-electron chi connectivity index (χ0n) is 19.9. The molecule has 9 heteroatoms. The van der Waals surface area contributed by atoms with Crippen molar-refractivity contribution in [2.45, 2.75) is 51.3 Å². The Bertz CT molecular complexity index is 1190. The molecule has 0 N–H and O–H groups in total. The highest BCUT2D eigenvalue weighted by molar-refractivity contribution is 7.98. The lowest BCUT2D eigenvalue weighted by molar-refractivity contribution is 0.284. The first kappa shape index (κ1) is 23.8. The predicted molar refractivity (Wildman–Crippen MR) is 131 cm³/mol. The van der Waals surface area contributed by atoms with Gasteiger partial charge in [-0.15, -0.1) is 10.2 Å². The first-order chi connectivity index (χ1) is 16.6. The van der Waals surface area contributed by atoms with Crippen LogP contribution in [0.5, 0.6) is 11.5 Å². The SMILES string of the molecule is CCc1ccc(OCc2nnc(SCc3noc(-c4ccc(OC)cc4)n3)n2CC(C)C)cc1. The number of benzene rings is 2. The molecule has 0 fully saturated rings. The summed E-state index contributed by atoms with van der Waals surface area (Å²) in [6.07, 6.45) is 1.01. The van der Waals surface area contributed by atoms with Gasteiger partial charge in [0, 0.05) is 12.1 Å². The quantitative estimate of drug-likeness (QED) is 0.263. The van der Waals surface area contributed by atoms with Gasteiger partial charge >= 0.3 is 0 Å². The third-order valence-corrected chi connectivity index (χ3v) is 6.14. The summed E-state index contributed by atoms with van der Waals surface area (Å²) in [5.41, 5.74) is 2.13. The maximum Gasteiger partial charge on any atom is 0.257 e. The molecule has 0 radical (unpaired) electrons. The molecule has 2 aromatic heterocycles. The van der Waals surface area contributed by atoms with Gasteiger partial charge in [0.2, 0.25) is 0 Å². The van der Waals surface area contributed by atoms with E-state index in [1.807, 2.05) is 36.4 Å². The monoisotopic (exact) mass is 479 g/mol. The molecule has 34 heavy (non-hydrogen) atoms. The van der Waals surface area contributed by atoms with E-state index in [4.69, 9.17) is 14.0 Å². The minimum Gasteiger partial charge on any atom is -0.497 e. The van der Waals surface area contributed by atoms with E-state index in [1.54, 1.807) is 7.11 Å². The molecule has 0 saturated heterocycles. The van der Waals surface area contributed by atoms with Crippen LogP contribution in [0.25, 0.3) is 11.5 Å². The number of methoxy groups -OCH3 is 1. The van der Waals surface area contributed by atoms with Gasteiger partial charge in [-0.1, -0.05) is 49.8 Å². The van der Waals surface area contributed by atoms with Gasteiger partial charge in [-0.2, -0.15) is 4.98 Å². The number of aromatic nitrogens is 5. The topological polar surface area (TPSA) is 88.1 Å². The van der Waals surface area contributed by atoms with E-state index < -0.39 is 0 Å². The van der Waals surface area contributed by atoms with Crippen molar-refractivity contribution in [3.05, 3.63) is 65.7 Å². The van der Waals surface area contributed by atoms with Crippen molar-refractivity contribution in [3.63, 3.8) is 0 Å². The molecule has 0 amide bonds. The van der Waals surface area contributed by atoms with Crippen LogP contribution in [0.3, 0.4) is 0 Å². The summed E-state index contributed by atoms with van der Waals surface area (Å²) in [6, 6.07) is 15.7. The summed E-state index contributed by atoms with van der Waals surface area (Å²) < 4.78 is 18.7. The van der Waals surface area contributed by atoms with Crippen LogP contribution in [-0.4, -0.2) is 32.0 Å². The molecule has 0 bridgehead atoms. The van der Waals surface area contributed by atoms with Gasteiger partial charge < -0.3 is 18.6 Å². The van der Waals surface area contributed by atoms with Crippen molar-refractivity contribution in [2.24, 2.45) is 5.92 Å². The summed E-state index contributed by atoms with van der Waals surface area (Å²) in [5.74, 6) is 4.43. The van der Waals surface area contributed by atoms with Crippen molar-refractivity contribution in [2.75, 3.05) is 7.11 Å². The zero-order valence-corrected chi connectivity index (χ0v) is 20.7. The second-order valence-electron chi connectivity index (χ2n) is 8.22. The summed E-state index contributed by atoms with van der Waals surface area (Å²) in [4.78, 5) is 4.52. The number of ether oxygens (including phenoxy) is 2. The molecule has 0 atom stereocenters. The van der Waals surface area contributed by atoms with Crippen molar-refractivity contribution < 1.29 is 14.0 Å². The number of thioether (sulfide) groups is 1. The molecule has 8 nitrogen and oxygen atoms in total. The maximum atomic E-state index is 5.98. The molecule has 0 aliphatic rings. The summed E-state index contributed by atoms with van der Waals surface area (Å²) in [7, 11) is 1.64. The standard InChI is InChI=1S/C25H29N5O3S/c1-5-18-6-10-21(11-7-18)32-15-23-27-28-25(30(23)14-17(2)3)34-16-22-26-24(33-29-22)19-8-12-20(31-4)13-9-19/h6-13,17H,5,14-16H2,1-4H3. The van der Waals surface area contributed by atoms with E-state index in [0.717, 1.165) is 41.0 Å². The molecule has 4 rings (SSSR count). The predicted octanol–water partition coefficient (Wildman–Crippen LogP) is 5.43. The van der Waals surface area contributed by atoms with Crippen molar-refractivity contribution in [1.82, 2.24) is 24.9 Å². The molecule has 4 aromatic rings. The highest BCUT2D eigenvalue weighted by Crippen LogP contribution is 2.25. The molecule has 0 spiro atoms. The molecule has 0 aliphatic carbocycles. The first-order valence-corrected chi connectivity index (χ1v) is 12.3. The van der Waals surface area contributed by atoms with Crippen LogP contribution in [0.4, 0.5) is 0 Å². The molecular weight excluding hydrogens is 450 g/mol. The van der Waals surface area contributed by atoms with Crippen LogP contribution in [0, 0.1) is 5.92 Å². The summed E-state index contributed by atoms with van der Waals surface area (Å²) in [5, 5.41) is 13.7. The highest BCUT2D eigenvalue weighted by atomic mass is 32.2. The van der Waals surface area contributed by atoms with Crippen LogP contribution in [-0.2, 0) is 25.3 Å². The van der Waals surface area contributed by atoms with Gasteiger partial charge in [-0.3, -0.25) is 0 Å². The van der Waals surface area contributed by atoms with Gasteiger partial charge in [-0.25, -0.2) is 0 Å². The third kappa shape index (κ3) is 5.96. The largest absolute Gasteiger partial charge is 0.497 e. The average molecular weight is 480 g/mol. The van der Waals surface area contributed by atoms with Gasteiger partial charge in [-0.05, 0) is 54.3 Å². The van der Waals surface area contributed by atoms with E-state index in [1.165, 1.54) is 17.3 Å². The van der Waals surface area contributed by atoms with Crippen molar-refractivity contribution in [3.8, 4) is 23.0 Å². The maximum absolute atomic E-state index is 5.98. The van der Waals surface area contributed by atoms with Crippen LogP contribution in [0.2, 0.25) is 0 Å². The highest BCUT2D eigenvalue weighted by Gasteiger charge is 2.16. The fourth-order valence-electron chi connectivity index (χ4n) is 3.34. The van der Waals surface area contributed by atoms with Gasteiger partial charge in [0.15, 0.2) is 16.8 Å². The Morgan fingerprint density at radius 1 is 1.00 bits per heavy atom. The number of hydrogen-bond donors (Lipinski definition) is 0. The lowest BCUT2D eigenvalue weighted by Gasteiger charge is -2.13. The van der Waals surface area contributed by atoms with Crippen molar-refractivity contribution in [1.29, 1.82) is 0 Å². The molecule has 2 aromatic carbocycles. The van der Waals surface area contributed by atoms with Gasteiger partial charge in [0.05, 0.1) is 12.9 Å². The van der Waals surface area contributed by atoms with E-state index in [2.05, 4.69) is 57.8 Å². The van der Waals surface area contributed by atoms with Crippen LogP contribution >= 0.6 is 11.8 Å². The fourth-order valence-corrected chi connectivity index (χ4v) is 4.15. The average Bonchev–Trinajstić information content (AvgIpc) is 3.48. The minimum atomic E-state index is 0.357. The van der Waals surface area contributed by atoms with Gasteiger partial charge in [0.25, 0.3) is 5.89 Å². The molecule has 2 heterocycles. The van der Waals surface area contributed by atoms with E-state index in [-0.39, 0.29) is 0 Å². The Labute approximate surface area is 203 Å². The zero-order chi connectivity index (χ0) is 23.9. The van der Waals surface area contributed by atoms with Crippen molar-refractivity contribution >= 4 is 11.8 Å². The number of hydrogen-bond acceptors (Lipinski definition) is 8. The van der Waals surface area contributed by atoms with Crippen LogP contribution < -0.4 is 9.47 Å². The summed E-state index contributed by atoms with van der Waals surface area (Å²) in [6.45, 7) is 7.63. The van der Waals surface area contributed by atoms with E-state index >= 15 is 0 Å². The molecule has 178 valence electrons. The number of nitrogens with zero attached hydrogens (tertiary/aromatic N) is 5.